The maximum Gasteiger partial charge on any atom is 0.306 e. The summed E-state index contributed by atoms with van der Waals surface area (Å²) in [6.45, 7) is 6.20. The zero-order valence-corrected chi connectivity index (χ0v) is 40.5. The van der Waals surface area contributed by atoms with E-state index in [-0.39, 0.29) is 44.0 Å². The van der Waals surface area contributed by atoms with Gasteiger partial charge in [-0.1, -0.05) is 199 Å². The summed E-state index contributed by atoms with van der Waals surface area (Å²) in [5.74, 6) is -1.03. The van der Waals surface area contributed by atoms with Crippen LogP contribution in [0.25, 0.3) is 0 Å². The van der Waals surface area contributed by atoms with Crippen LogP contribution in [-0.4, -0.2) is 37.2 Å². The normalized spacial score (nSPS) is 13.4. The first-order chi connectivity index (χ1) is 31.5. The van der Waals surface area contributed by atoms with Gasteiger partial charge < -0.3 is 14.2 Å². The van der Waals surface area contributed by atoms with Gasteiger partial charge in [0.1, 0.15) is 13.2 Å². The second-order valence-electron chi connectivity index (χ2n) is 15.7. The third-order valence-corrected chi connectivity index (χ3v) is 9.67. The fourth-order valence-corrected chi connectivity index (χ4v) is 6.00. The maximum absolute atomic E-state index is 12.8. The van der Waals surface area contributed by atoms with Crippen LogP contribution in [0.3, 0.4) is 0 Å². The molecule has 0 saturated heterocycles. The zero-order chi connectivity index (χ0) is 46.5. The molecule has 0 heterocycles. The van der Waals surface area contributed by atoms with E-state index >= 15 is 0 Å². The van der Waals surface area contributed by atoms with Crippen LogP contribution in [0.4, 0.5) is 0 Å². The first-order valence-corrected chi connectivity index (χ1v) is 24.9. The second-order valence-corrected chi connectivity index (χ2v) is 15.7. The monoisotopic (exact) mass is 881 g/mol. The first-order valence-electron chi connectivity index (χ1n) is 24.9. The van der Waals surface area contributed by atoms with Crippen LogP contribution >= 0.6 is 0 Å². The molecule has 0 aromatic carbocycles. The highest BCUT2D eigenvalue weighted by molar-refractivity contribution is 5.71. The molecule has 0 N–H and O–H groups in total. The van der Waals surface area contributed by atoms with E-state index in [1.807, 2.05) is 36.5 Å². The second kappa shape index (κ2) is 50.9. The summed E-state index contributed by atoms with van der Waals surface area (Å²) in [5, 5.41) is 0. The molecule has 0 aliphatic carbocycles. The molecule has 0 aromatic heterocycles. The van der Waals surface area contributed by atoms with Crippen molar-refractivity contribution < 1.29 is 28.6 Å². The average Bonchev–Trinajstić information content (AvgIpc) is 3.29. The van der Waals surface area contributed by atoms with Gasteiger partial charge in [-0.3, -0.25) is 14.4 Å². The molecule has 0 bridgehead atoms. The summed E-state index contributed by atoms with van der Waals surface area (Å²) in [6, 6.07) is 0. The molecule has 0 radical (unpaired) electrons. The molecule has 1 atom stereocenters. The Kier molecular flexibility index (Phi) is 47.2. The Morgan fingerprint density at radius 2 is 0.672 bits per heavy atom. The highest BCUT2D eigenvalue weighted by atomic mass is 16.6. The van der Waals surface area contributed by atoms with Gasteiger partial charge in [0.15, 0.2) is 6.10 Å². The highest BCUT2D eigenvalue weighted by Gasteiger charge is 2.19. The van der Waals surface area contributed by atoms with Crippen LogP contribution in [0.2, 0.25) is 0 Å². The third-order valence-electron chi connectivity index (χ3n) is 9.67. The number of hydrogen-bond donors (Lipinski definition) is 0. The van der Waals surface area contributed by atoms with Gasteiger partial charge >= 0.3 is 17.9 Å². The fourth-order valence-electron chi connectivity index (χ4n) is 6.00. The standard InChI is InChI=1S/C58H88O6/c1-4-7-10-13-16-19-22-25-27-29-30-32-33-36-39-42-45-48-51-57(60)63-54-55(53-62-56(59)50-47-44-41-38-35-24-21-18-15-12-9-6-3)64-58(61)52-49-46-43-40-37-34-31-28-26-23-20-17-14-11-8-5-2/h8-13,16-22,25-30,32,34-35,37-38,55H,4-7,14-15,23-24,31,33,36,39-54H2,1-3H3/b11-8-,12-9-,13-10-,19-16-,20-17-,21-18-,25-22-,28-26-,29-27-,32-30-,37-34-,38-35-. The minimum absolute atomic E-state index is 0.124. The van der Waals surface area contributed by atoms with Crippen molar-refractivity contribution in [3.8, 4) is 0 Å². The molecular weight excluding hydrogens is 793 g/mol. The summed E-state index contributed by atoms with van der Waals surface area (Å²) >= 11 is 0. The number of unbranched alkanes of at least 4 members (excludes halogenated alkanes) is 11. The Balaban J connectivity index is 4.58. The quantitative estimate of drug-likeness (QED) is 0.0200. The average molecular weight is 881 g/mol. The molecule has 0 amide bonds. The summed E-state index contributed by atoms with van der Waals surface area (Å²) in [4.78, 5) is 37.9. The van der Waals surface area contributed by atoms with Crippen molar-refractivity contribution in [2.45, 2.75) is 187 Å². The van der Waals surface area contributed by atoms with Crippen LogP contribution in [0, 0.1) is 0 Å². The van der Waals surface area contributed by atoms with Crippen LogP contribution in [0.5, 0.6) is 0 Å². The number of esters is 3. The lowest BCUT2D eigenvalue weighted by molar-refractivity contribution is -0.167. The van der Waals surface area contributed by atoms with Gasteiger partial charge in [-0.05, 0) is 109 Å². The molecule has 356 valence electrons. The molecule has 64 heavy (non-hydrogen) atoms. The topological polar surface area (TPSA) is 78.9 Å². The van der Waals surface area contributed by atoms with Gasteiger partial charge in [0.05, 0.1) is 0 Å². The number of carbonyl (C=O) groups is 3. The van der Waals surface area contributed by atoms with Crippen LogP contribution in [0.15, 0.2) is 146 Å². The lowest BCUT2D eigenvalue weighted by Crippen LogP contribution is -2.30. The lowest BCUT2D eigenvalue weighted by atomic mass is 10.1. The Hall–Kier alpha value is -4.71. The van der Waals surface area contributed by atoms with E-state index in [1.165, 1.54) is 6.42 Å². The van der Waals surface area contributed by atoms with Gasteiger partial charge in [0, 0.05) is 19.3 Å². The van der Waals surface area contributed by atoms with Crippen LogP contribution < -0.4 is 0 Å². The Morgan fingerprint density at radius 3 is 1.14 bits per heavy atom. The summed E-state index contributed by atoms with van der Waals surface area (Å²) in [5.41, 5.74) is 0. The van der Waals surface area contributed by atoms with Crippen molar-refractivity contribution in [3.63, 3.8) is 0 Å². The molecule has 6 heteroatoms. The van der Waals surface area contributed by atoms with E-state index in [9.17, 15) is 14.4 Å². The van der Waals surface area contributed by atoms with E-state index in [2.05, 4.69) is 130 Å². The van der Waals surface area contributed by atoms with Gasteiger partial charge in [0.2, 0.25) is 0 Å². The van der Waals surface area contributed by atoms with Crippen LogP contribution in [-0.2, 0) is 28.6 Å². The van der Waals surface area contributed by atoms with Crippen molar-refractivity contribution in [1.82, 2.24) is 0 Å². The smallest absolute Gasteiger partial charge is 0.306 e. The molecule has 0 aliphatic heterocycles. The zero-order valence-electron chi connectivity index (χ0n) is 40.5. The number of allylic oxidation sites excluding steroid dienone is 24. The van der Waals surface area contributed by atoms with Gasteiger partial charge in [-0.2, -0.15) is 0 Å². The predicted octanol–water partition coefficient (Wildman–Crippen LogP) is 16.5. The molecule has 0 fully saturated rings. The highest BCUT2D eigenvalue weighted by Crippen LogP contribution is 2.11. The molecule has 0 saturated carbocycles. The Morgan fingerprint density at radius 1 is 0.344 bits per heavy atom. The minimum Gasteiger partial charge on any atom is -0.462 e. The van der Waals surface area contributed by atoms with Crippen molar-refractivity contribution in [1.29, 1.82) is 0 Å². The van der Waals surface area contributed by atoms with Crippen molar-refractivity contribution in [2.75, 3.05) is 13.2 Å². The fraction of sp³-hybridized carbons (Fsp3) is 0.534. The van der Waals surface area contributed by atoms with Gasteiger partial charge in [0.25, 0.3) is 0 Å². The molecule has 0 rings (SSSR count). The summed E-state index contributed by atoms with van der Waals surface area (Å²) < 4.78 is 16.7. The van der Waals surface area contributed by atoms with Crippen LogP contribution in [0.1, 0.15) is 181 Å². The Labute approximate surface area is 391 Å². The lowest BCUT2D eigenvalue weighted by Gasteiger charge is -2.18. The Bertz CT molecular complexity index is 1480. The van der Waals surface area contributed by atoms with E-state index in [4.69, 9.17) is 14.2 Å². The first kappa shape index (κ1) is 59.3. The maximum atomic E-state index is 12.8. The molecule has 6 nitrogen and oxygen atoms in total. The van der Waals surface area contributed by atoms with Crippen molar-refractivity contribution in [3.05, 3.63) is 146 Å². The third kappa shape index (κ3) is 48.3. The van der Waals surface area contributed by atoms with E-state index in [1.54, 1.807) is 0 Å². The number of ether oxygens (including phenoxy) is 3. The van der Waals surface area contributed by atoms with Crippen molar-refractivity contribution in [2.24, 2.45) is 0 Å². The molecule has 0 spiro atoms. The number of hydrogen-bond acceptors (Lipinski definition) is 6. The van der Waals surface area contributed by atoms with Crippen molar-refractivity contribution >= 4 is 17.9 Å². The molecule has 1 unspecified atom stereocenters. The van der Waals surface area contributed by atoms with Gasteiger partial charge in [-0.25, -0.2) is 0 Å². The predicted molar refractivity (Wildman–Crippen MR) is 274 cm³/mol. The van der Waals surface area contributed by atoms with Gasteiger partial charge in [-0.15, -0.1) is 0 Å². The van der Waals surface area contributed by atoms with E-state index in [0.29, 0.717) is 19.3 Å². The summed E-state index contributed by atoms with van der Waals surface area (Å²) in [6.07, 6.45) is 72.5. The largest absolute Gasteiger partial charge is 0.462 e. The molecular formula is C58H88O6. The number of rotatable bonds is 42. The summed E-state index contributed by atoms with van der Waals surface area (Å²) in [7, 11) is 0. The molecule has 0 aliphatic rings. The number of carbonyl (C=O) groups excluding carboxylic acids is 3. The SMILES string of the molecule is CC/C=C\C/C=C\C/C=C\C/C=C\CCCCCC(=O)OC(COC(=O)CCCC/C=C\C/C=C\C/C=C\CC)COC(=O)CCCCCCC\C=C/C=C\C=C/C=C\C=C/CCC. The van der Waals surface area contributed by atoms with E-state index < -0.39 is 6.10 Å². The van der Waals surface area contributed by atoms with E-state index in [0.717, 1.165) is 122 Å². The minimum atomic E-state index is -0.827. The molecule has 0 aromatic rings.